The molecule has 0 aromatic rings. The number of hydrogen-bond donors (Lipinski definition) is 0. The van der Waals surface area contributed by atoms with Gasteiger partial charge in [0.15, 0.2) is 0 Å². The van der Waals surface area contributed by atoms with Crippen LogP contribution in [0.4, 0.5) is 0 Å². The van der Waals surface area contributed by atoms with Gasteiger partial charge in [-0.25, -0.2) is 0 Å². The van der Waals surface area contributed by atoms with Crippen molar-refractivity contribution in [3.63, 3.8) is 0 Å². The second-order valence-corrected chi connectivity index (χ2v) is 6.55. The van der Waals surface area contributed by atoms with Crippen LogP contribution in [0, 0.1) is 0 Å². The van der Waals surface area contributed by atoms with Crippen LogP contribution in [0.1, 0.15) is 27.2 Å². The zero-order valence-electron chi connectivity index (χ0n) is 10.0. The third-order valence-corrected chi connectivity index (χ3v) is 5.60. The molecule has 0 N–H and O–H groups in total. The van der Waals surface area contributed by atoms with Crippen LogP contribution in [0.15, 0.2) is 46.2 Å². The molecule has 0 bridgehead atoms. The number of carbonyl (C=O) groups is 1. The van der Waals surface area contributed by atoms with Crippen molar-refractivity contribution in [1.29, 1.82) is 0 Å². The van der Waals surface area contributed by atoms with E-state index in [1.165, 1.54) is 5.57 Å². The molecule has 0 heterocycles. The van der Waals surface area contributed by atoms with E-state index >= 15 is 0 Å². The summed E-state index contributed by atoms with van der Waals surface area (Å²) in [5, 5.41) is 0. The molecule has 0 fully saturated rings. The summed E-state index contributed by atoms with van der Waals surface area (Å²) in [5.74, 6) is 0. The zero-order valence-corrected chi connectivity index (χ0v) is 11.7. The first-order valence-corrected chi connectivity index (χ1v) is 7.28. The van der Waals surface area contributed by atoms with E-state index < -0.39 is 0 Å². The fourth-order valence-corrected chi connectivity index (χ4v) is 3.49. The average molecular weight is 303 g/mol. The molecule has 1 rings (SSSR count). The molecule has 1 aliphatic rings. The molecule has 2 heteroatoms. The van der Waals surface area contributed by atoms with Crippen molar-refractivity contribution in [3.8, 4) is 0 Å². The van der Waals surface area contributed by atoms with Gasteiger partial charge in [-0.15, -0.1) is 0 Å². The van der Waals surface area contributed by atoms with Crippen LogP contribution in [0.2, 0.25) is 4.01 Å². The van der Waals surface area contributed by atoms with Crippen LogP contribution in [0.5, 0.6) is 0 Å². The SMILES string of the molecule is CC[C]1([Ru][CH]=C(C)C=C(C)C=O)C=CC=C1. The summed E-state index contributed by atoms with van der Waals surface area (Å²) in [5.41, 5.74) is 1.99. The predicted octanol–water partition coefficient (Wildman–Crippen LogP) is 3.81. The minimum atomic E-state index is 0.151. The van der Waals surface area contributed by atoms with Gasteiger partial charge >= 0.3 is 106 Å². The first-order chi connectivity index (χ1) is 7.62. The molecule has 88 valence electrons. The predicted molar refractivity (Wildman–Crippen MR) is 64.8 cm³/mol. The molecule has 0 atom stereocenters. The van der Waals surface area contributed by atoms with Crippen LogP contribution in [-0.4, -0.2) is 6.29 Å². The van der Waals surface area contributed by atoms with E-state index in [1.54, 1.807) is 0 Å². The van der Waals surface area contributed by atoms with E-state index in [9.17, 15) is 4.79 Å². The topological polar surface area (TPSA) is 17.1 Å². The van der Waals surface area contributed by atoms with E-state index in [2.05, 4.69) is 42.8 Å². The summed E-state index contributed by atoms with van der Waals surface area (Å²) in [6, 6.07) is 0. The third-order valence-electron chi connectivity index (χ3n) is 2.43. The van der Waals surface area contributed by atoms with Crippen molar-refractivity contribution in [3.05, 3.63) is 46.2 Å². The Bertz CT molecular complexity index is 360. The molecule has 0 aromatic heterocycles. The van der Waals surface area contributed by atoms with Gasteiger partial charge in [-0.3, -0.25) is 0 Å². The molecule has 0 saturated carbocycles. The van der Waals surface area contributed by atoms with Crippen LogP contribution < -0.4 is 0 Å². The maximum absolute atomic E-state index is 10.5. The summed E-state index contributed by atoms with van der Waals surface area (Å²) in [4.78, 5) is 10.5. The van der Waals surface area contributed by atoms with Gasteiger partial charge in [-0.05, 0) is 0 Å². The number of hydrogen-bond acceptors (Lipinski definition) is 1. The van der Waals surface area contributed by atoms with E-state index in [1.807, 2.05) is 13.0 Å². The Morgan fingerprint density at radius 1 is 1.25 bits per heavy atom. The Balaban J connectivity index is 2.68. The monoisotopic (exact) mass is 304 g/mol. The third kappa shape index (κ3) is 3.68. The van der Waals surface area contributed by atoms with Gasteiger partial charge in [-0.2, -0.15) is 0 Å². The molecule has 0 spiro atoms. The second-order valence-electron chi connectivity index (χ2n) is 3.93. The zero-order chi connectivity index (χ0) is 12.0. The van der Waals surface area contributed by atoms with Crippen LogP contribution >= 0.6 is 0 Å². The van der Waals surface area contributed by atoms with Gasteiger partial charge in [0.25, 0.3) is 0 Å². The fourth-order valence-electron chi connectivity index (χ4n) is 1.46. The summed E-state index contributed by atoms with van der Waals surface area (Å²) in [7, 11) is 0. The van der Waals surface area contributed by atoms with Crippen molar-refractivity contribution < 1.29 is 21.9 Å². The van der Waals surface area contributed by atoms with E-state index in [-0.39, 0.29) is 21.1 Å². The molecule has 0 saturated heterocycles. The van der Waals surface area contributed by atoms with Crippen LogP contribution in [0.25, 0.3) is 0 Å². The average Bonchev–Trinajstić information content (AvgIpc) is 2.75. The van der Waals surface area contributed by atoms with Gasteiger partial charge in [0.1, 0.15) is 0 Å². The molecule has 16 heavy (non-hydrogen) atoms. The van der Waals surface area contributed by atoms with Crippen molar-refractivity contribution in [2.24, 2.45) is 0 Å². The molecule has 0 unspecified atom stereocenters. The Labute approximate surface area is 106 Å². The second kappa shape index (κ2) is 6.10. The molecule has 0 aliphatic heterocycles. The van der Waals surface area contributed by atoms with E-state index in [0.29, 0.717) is 0 Å². The van der Waals surface area contributed by atoms with Crippen LogP contribution in [0.3, 0.4) is 0 Å². The number of carbonyl (C=O) groups excluding carboxylic acids is 1. The van der Waals surface area contributed by atoms with Crippen molar-refractivity contribution in [2.45, 2.75) is 31.2 Å². The molecule has 0 radical (unpaired) electrons. The van der Waals surface area contributed by atoms with Crippen molar-refractivity contribution >= 4 is 6.29 Å². The first kappa shape index (κ1) is 13.3. The van der Waals surface area contributed by atoms with Crippen molar-refractivity contribution in [2.75, 3.05) is 0 Å². The van der Waals surface area contributed by atoms with Crippen molar-refractivity contribution in [1.82, 2.24) is 0 Å². The minimum absolute atomic E-state index is 0.151. The number of aldehydes is 1. The quantitative estimate of drug-likeness (QED) is 0.327. The van der Waals surface area contributed by atoms with Gasteiger partial charge in [0.05, 0.1) is 0 Å². The number of allylic oxidation sites excluding steroid dienone is 7. The van der Waals surface area contributed by atoms with E-state index in [4.69, 9.17) is 0 Å². The number of rotatable bonds is 5. The molecule has 0 aromatic carbocycles. The Hall–Kier alpha value is -0.747. The van der Waals surface area contributed by atoms with Gasteiger partial charge in [-0.1, -0.05) is 0 Å². The first-order valence-electron chi connectivity index (χ1n) is 5.41. The normalized spacial score (nSPS) is 19.4. The van der Waals surface area contributed by atoms with Gasteiger partial charge < -0.3 is 0 Å². The molecule has 0 amide bonds. The summed E-state index contributed by atoms with van der Waals surface area (Å²) < 4.78 is 2.58. The Kier molecular flexibility index (Phi) is 5.08. The molecular weight excluding hydrogens is 285 g/mol. The molecule has 1 nitrogen and oxygen atoms in total. The molecule has 1 aliphatic carbocycles. The summed E-state index contributed by atoms with van der Waals surface area (Å²) >= 11 is 0.151. The fraction of sp³-hybridized carbons (Fsp3) is 0.357. The Morgan fingerprint density at radius 2 is 1.88 bits per heavy atom. The standard InChI is InChI=1S/C7H9O.C7H9.Ru/c1-6(2)4-7(3)5-8;1-2-7-5-3-4-6-7;/h1,4-5H,2-3H3;3-6H,2H2,1H3;. The van der Waals surface area contributed by atoms with Crippen LogP contribution in [-0.2, 0) is 21.9 Å². The maximum atomic E-state index is 10.5. The summed E-state index contributed by atoms with van der Waals surface area (Å²) in [6.07, 6.45) is 12.9. The van der Waals surface area contributed by atoms with Gasteiger partial charge in [0.2, 0.25) is 0 Å². The van der Waals surface area contributed by atoms with Gasteiger partial charge in [0, 0.05) is 0 Å². The molecular formula is C14H18ORu. The summed E-state index contributed by atoms with van der Waals surface area (Å²) in [6.45, 7) is 6.13. The van der Waals surface area contributed by atoms with E-state index in [0.717, 1.165) is 18.3 Å². The Morgan fingerprint density at radius 3 is 2.38 bits per heavy atom.